The maximum atomic E-state index is 11.8. The molecule has 1 rings (SSSR count). The number of pyridine rings is 1. The fourth-order valence-corrected chi connectivity index (χ4v) is 0.806. The van der Waals surface area contributed by atoms with Crippen molar-refractivity contribution in [2.75, 3.05) is 11.5 Å². The minimum Gasteiger partial charge on any atom is -0.397 e. The third kappa shape index (κ3) is 2.63. The molecule has 0 aliphatic heterocycles. The lowest BCUT2D eigenvalue weighted by Crippen LogP contribution is -2.18. The van der Waals surface area contributed by atoms with Crippen LogP contribution in [-0.2, 0) is 0 Å². The molecule has 0 fully saturated rings. The number of nitrogens with two attached hydrogens (primary N) is 2. The summed E-state index contributed by atoms with van der Waals surface area (Å²) in [6.07, 6.45) is -4.89. The van der Waals surface area contributed by atoms with E-state index in [0.29, 0.717) is 0 Å². The number of nitrogens with zero attached hydrogens (tertiary/aromatic N) is 2. The molecule has 0 aromatic carbocycles. The van der Waals surface area contributed by atoms with E-state index in [1.807, 2.05) is 0 Å². The van der Waals surface area contributed by atoms with Crippen LogP contribution in [0.2, 0.25) is 0 Å². The SMILES string of the molecule is N#Cc1nc(OC(F)(F)F)cc(N)c1N. The van der Waals surface area contributed by atoms with Crippen molar-refractivity contribution < 1.29 is 17.9 Å². The highest BCUT2D eigenvalue weighted by molar-refractivity contribution is 5.69. The first-order valence-electron chi connectivity index (χ1n) is 3.55. The number of rotatable bonds is 1. The molecule has 1 heterocycles. The van der Waals surface area contributed by atoms with Gasteiger partial charge in [-0.3, -0.25) is 0 Å². The van der Waals surface area contributed by atoms with E-state index in [0.717, 1.165) is 6.07 Å². The molecule has 0 unspecified atom stereocenters. The van der Waals surface area contributed by atoms with E-state index in [1.165, 1.54) is 6.07 Å². The average molecular weight is 218 g/mol. The van der Waals surface area contributed by atoms with Crippen molar-refractivity contribution in [2.45, 2.75) is 6.36 Å². The molecule has 0 aliphatic rings. The number of alkyl halides is 3. The number of hydrogen-bond donors (Lipinski definition) is 2. The monoisotopic (exact) mass is 218 g/mol. The van der Waals surface area contributed by atoms with Crippen LogP contribution in [0.3, 0.4) is 0 Å². The molecule has 0 bridgehead atoms. The van der Waals surface area contributed by atoms with Crippen molar-refractivity contribution in [2.24, 2.45) is 0 Å². The van der Waals surface area contributed by atoms with E-state index in [2.05, 4.69) is 9.72 Å². The maximum Gasteiger partial charge on any atom is 0.574 e. The summed E-state index contributed by atoms with van der Waals surface area (Å²) < 4.78 is 38.9. The standard InChI is InChI=1S/C7H5F3N4O/c8-7(9,10)15-5-1-3(12)6(13)4(2-11)14-5/h1H,13H2,(H2,12,14). The zero-order chi connectivity index (χ0) is 11.6. The van der Waals surface area contributed by atoms with E-state index in [1.54, 1.807) is 0 Å². The second kappa shape index (κ2) is 3.53. The molecule has 5 nitrogen and oxygen atoms in total. The number of nitrogen functional groups attached to an aromatic ring is 2. The van der Waals surface area contributed by atoms with E-state index in [4.69, 9.17) is 16.7 Å². The Bertz CT molecular complexity index is 423. The van der Waals surface area contributed by atoms with Gasteiger partial charge in [0, 0.05) is 6.07 Å². The number of aromatic nitrogens is 1. The number of halogens is 3. The van der Waals surface area contributed by atoms with E-state index < -0.39 is 17.9 Å². The predicted molar refractivity (Wildman–Crippen MR) is 44.5 cm³/mol. The van der Waals surface area contributed by atoms with E-state index in [-0.39, 0.29) is 11.4 Å². The number of hydrogen-bond acceptors (Lipinski definition) is 5. The first-order chi connectivity index (χ1) is 6.83. The first-order valence-corrected chi connectivity index (χ1v) is 3.55. The van der Waals surface area contributed by atoms with Crippen molar-refractivity contribution in [1.29, 1.82) is 5.26 Å². The largest absolute Gasteiger partial charge is 0.574 e. The average Bonchev–Trinajstić information content (AvgIpc) is 2.08. The van der Waals surface area contributed by atoms with Gasteiger partial charge in [-0.2, -0.15) is 10.2 Å². The Morgan fingerprint density at radius 2 is 2.00 bits per heavy atom. The zero-order valence-corrected chi connectivity index (χ0v) is 7.17. The second-order valence-electron chi connectivity index (χ2n) is 2.47. The lowest BCUT2D eigenvalue weighted by atomic mass is 10.3. The quantitative estimate of drug-likeness (QED) is 0.733. The summed E-state index contributed by atoms with van der Waals surface area (Å²) in [5, 5.41) is 8.48. The number of anilines is 2. The molecule has 0 saturated carbocycles. The van der Waals surface area contributed by atoms with Gasteiger partial charge in [0.25, 0.3) is 0 Å². The highest BCUT2D eigenvalue weighted by atomic mass is 19.4. The molecule has 0 atom stereocenters. The maximum absolute atomic E-state index is 11.8. The minimum absolute atomic E-state index is 0.174. The first kappa shape index (κ1) is 10.9. The third-order valence-corrected chi connectivity index (χ3v) is 1.39. The number of nitriles is 1. The molecular formula is C7H5F3N4O. The van der Waals surface area contributed by atoms with Crippen molar-refractivity contribution >= 4 is 11.4 Å². The van der Waals surface area contributed by atoms with Crippen LogP contribution < -0.4 is 16.2 Å². The normalized spacial score (nSPS) is 10.8. The summed E-state index contributed by atoms with van der Waals surface area (Å²) in [6, 6.07) is 2.29. The summed E-state index contributed by atoms with van der Waals surface area (Å²) in [4.78, 5) is 3.23. The highest BCUT2D eigenvalue weighted by Crippen LogP contribution is 2.26. The van der Waals surface area contributed by atoms with Gasteiger partial charge in [0.05, 0.1) is 11.4 Å². The molecule has 0 spiro atoms. The molecule has 1 aromatic heterocycles. The van der Waals surface area contributed by atoms with Gasteiger partial charge in [-0.25, -0.2) is 0 Å². The molecule has 15 heavy (non-hydrogen) atoms. The smallest absolute Gasteiger partial charge is 0.397 e. The van der Waals surface area contributed by atoms with Crippen molar-refractivity contribution in [3.63, 3.8) is 0 Å². The lowest BCUT2D eigenvalue weighted by Gasteiger charge is -2.09. The molecule has 1 aromatic rings. The highest BCUT2D eigenvalue weighted by Gasteiger charge is 2.32. The predicted octanol–water partition coefficient (Wildman–Crippen LogP) is 1.02. The Morgan fingerprint density at radius 3 is 2.47 bits per heavy atom. The fourth-order valence-electron chi connectivity index (χ4n) is 0.806. The Balaban J connectivity index is 3.13. The van der Waals surface area contributed by atoms with Crippen molar-refractivity contribution in [1.82, 2.24) is 4.98 Å². The molecule has 0 radical (unpaired) electrons. The molecule has 80 valence electrons. The molecule has 0 amide bonds. The molecule has 4 N–H and O–H groups in total. The lowest BCUT2D eigenvalue weighted by molar-refractivity contribution is -0.276. The van der Waals surface area contributed by atoms with Crippen molar-refractivity contribution in [3.8, 4) is 11.9 Å². The van der Waals surface area contributed by atoms with Gasteiger partial charge in [-0.05, 0) is 0 Å². The summed E-state index contributed by atoms with van der Waals surface area (Å²) in [5.41, 5.74) is 9.76. The summed E-state index contributed by atoms with van der Waals surface area (Å²) in [6.45, 7) is 0. The topological polar surface area (TPSA) is 97.9 Å². The Morgan fingerprint density at radius 1 is 1.40 bits per heavy atom. The Labute approximate surface area is 82.1 Å². The molecular weight excluding hydrogens is 213 g/mol. The molecule has 8 heteroatoms. The van der Waals surface area contributed by atoms with E-state index >= 15 is 0 Å². The molecule has 0 aliphatic carbocycles. The van der Waals surface area contributed by atoms with Gasteiger partial charge in [-0.1, -0.05) is 0 Å². The van der Waals surface area contributed by atoms with Crippen LogP contribution in [0.15, 0.2) is 6.07 Å². The van der Waals surface area contributed by atoms with Crippen LogP contribution in [0.5, 0.6) is 5.88 Å². The summed E-state index contributed by atoms with van der Waals surface area (Å²) in [7, 11) is 0. The summed E-state index contributed by atoms with van der Waals surface area (Å²) >= 11 is 0. The van der Waals surface area contributed by atoms with Crippen LogP contribution in [0.1, 0.15) is 5.69 Å². The molecule has 0 saturated heterocycles. The minimum atomic E-state index is -4.89. The van der Waals surface area contributed by atoms with Gasteiger partial charge in [0.2, 0.25) is 5.88 Å². The number of ether oxygens (including phenoxy) is 1. The van der Waals surface area contributed by atoms with Crippen molar-refractivity contribution in [3.05, 3.63) is 11.8 Å². The van der Waals surface area contributed by atoms with Gasteiger partial charge in [0.1, 0.15) is 6.07 Å². The van der Waals surface area contributed by atoms with Gasteiger partial charge in [-0.15, -0.1) is 13.2 Å². The van der Waals surface area contributed by atoms with Gasteiger partial charge >= 0.3 is 6.36 Å². The van der Waals surface area contributed by atoms with Crippen LogP contribution in [0.4, 0.5) is 24.5 Å². The van der Waals surface area contributed by atoms with Gasteiger partial charge < -0.3 is 16.2 Å². The second-order valence-corrected chi connectivity index (χ2v) is 2.47. The van der Waals surface area contributed by atoms with Crippen LogP contribution in [0.25, 0.3) is 0 Å². The van der Waals surface area contributed by atoms with Crippen LogP contribution in [0, 0.1) is 11.3 Å². The zero-order valence-electron chi connectivity index (χ0n) is 7.17. The van der Waals surface area contributed by atoms with Crippen LogP contribution in [-0.4, -0.2) is 11.3 Å². The van der Waals surface area contributed by atoms with Gasteiger partial charge in [0.15, 0.2) is 5.69 Å². The third-order valence-electron chi connectivity index (χ3n) is 1.39. The van der Waals surface area contributed by atoms with E-state index in [9.17, 15) is 13.2 Å². The Kier molecular flexibility index (Phi) is 2.57. The Hall–Kier alpha value is -2.17. The summed E-state index contributed by atoms with van der Waals surface area (Å²) in [5.74, 6) is -0.814. The van der Waals surface area contributed by atoms with Crippen LogP contribution >= 0.6 is 0 Å². The fraction of sp³-hybridized carbons (Fsp3) is 0.143.